The Labute approximate surface area is 170 Å². The summed E-state index contributed by atoms with van der Waals surface area (Å²) in [5, 5.41) is 5.14. The lowest BCUT2D eigenvalue weighted by Crippen LogP contribution is -2.38. The molecule has 158 valence electrons. The van der Waals surface area contributed by atoms with Gasteiger partial charge in [-0.05, 0) is 37.5 Å². The van der Waals surface area contributed by atoms with Crippen LogP contribution in [0.2, 0.25) is 0 Å². The molecule has 0 aromatic heterocycles. The van der Waals surface area contributed by atoms with E-state index in [1.807, 2.05) is 6.92 Å². The molecule has 1 atom stereocenters. The van der Waals surface area contributed by atoms with E-state index in [1.165, 1.54) is 16.4 Å². The van der Waals surface area contributed by atoms with Crippen molar-refractivity contribution in [3.05, 3.63) is 24.3 Å². The van der Waals surface area contributed by atoms with Crippen LogP contribution < -0.4 is 10.6 Å². The first-order valence-electron chi connectivity index (χ1n) is 9.85. The molecule has 0 saturated carbocycles. The minimum absolute atomic E-state index is 0.107. The molecular weight excluding hydrogens is 396 g/mol. The summed E-state index contributed by atoms with van der Waals surface area (Å²) in [6, 6.07) is 4.82. The molecule has 9 nitrogen and oxygen atoms in total. The molecule has 0 bridgehead atoms. The Morgan fingerprint density at radius 2 is 1.93 bits per heavy atom. The zero-order chi connectivity index (χ0) is 21.0. The van der Waals surface area contributed by atoms with Crippen LogP contribution in [0.25, 0.3) is 0 Å². The highest BCUT2D eigenvalue weighted by atomic mass is 32.2. The number of carbonyl (C=O) groups excluding carboxylic acids is 3. The van der Waals surface area contributed by atoms with Crippen LogP contribution in [0, 0.1) is 0 Å². The van der Waals surface area contributed by atoms with Crippen LogP contribution in [0.4, 0.5) is 10.5 Å². The highest BCUT2D eigenvalue weighted by Gasteiger charge is 2.38. The lowest BCUT2D eigenvalue weighted by Gasteiger charge is -2.26. The quantitative estimate of drug-likeness (QED) is 0.647. The second-order valence-electron chi connectivity index (χ2n) is 7.26. The largest absolute Gasteiger partial charge is 0.326 e. The van der Waals surface area contributed by atoms with Gasteiger partial charge in [0.25, 0.3) is 5.91 Å². The first-order chi connectivity index (χ1) is 13.8. The van der Waals surface area contributed by atoms with Gasteiger partial charge in [0, 0.05) is 18.8 Å². The fourth-order valence-electron chi connectivity index (χ4n) is 3.54. The Kier molecular flexibility index (Phi) is 6.53. The third kappa shape index (κ3) is 4.76. The van der Waals surface area contributed by atoms with Gasteiger partial charge in [-0.25, -0.2) is 13.2 Å². The number of sulfonamides is 1. The Bertz CT molecular complexity index is 896. The van der Waals surface area contributed by atoms with E-state index in [9.17, 15) is 22.8 Å². The standard InChI is InChI=1S/C19H26N4O5S/c1-2-7-16-18(25)23(19(26)21-16)13-17(24)20-14-8-6-9-15(12-14)29(27,28)22-10-4-3-5-11-22/h6,8-9,12,16H,2-5,7,10-11,13H2,1H3,(H,20,24)(H,21,26). The maximum atomic E-state index is 12.8. The van der Waals surface area contributed by atoms with E-state index in [-0.39, 0.29) is 4.90 Å². The van der Waals surface area contributed by atoms with Crippen molar-refractivity contribution < 1.29 is 22.8 Å². The molecule has 3 rings (SSSR count). The van der Waals surface area contributed by atoms with Gasteiger partial charge in [-0.1, -0.05) is 25.8 Å². The molecule has 1 unspecified atom stereocenters. The van der Waals surface area contributed by atoms with E-state index in [0.29, 0.717) is 25.2 Å². The summed E-state index contributed by atoms with van der Waals surface area (Å²) in [6.45, 7) is 2.46. The lowest BCUT2D eigenvalue weighted by molar-refractivity contribution is -0.130. The predicted octanol–water partition coefficient (Wildman–Crippen LogP) is 1.52. The summed E-state index contributed by atoms with van der Waals surface area (Å²) in [7, 11) is -3.62. The second-order valence-corrected chi connectivity index (χ2v) is 9.19. The Balaban J connectivity index is 1.66. The number of hydrogen-bond acceptors (Lipinski definition) is 5. The molecule has 1 aromatic carbocycles. The van der Waals surface area contributed by atoms with Crippen LogP contribution >= 0.6 is 0 Å². The molecule has 29 heavy (non-hydrogen) atoms. The van der Waals surface area contributed by atoms with Crippen molar-refractivity contribution in [3.63, 3.8) is 0 Å². The summed E-state index contributed by atoms with van der Waals surface area (Å²) >= 11 is 0. The molecule has 2 heterocycles. The van der Waals surface area contributed by atoms with Crippen molar-refractivity contribution >= 4 is 33.6 Å². The molecule has 2 aliphatic rings. The zero-order valence-electron chi connectivity index (χ0n) is 16.4. The van der Waals surface area contributed by atoms with Gasteiger partial charge in [0.05, 0.1) is 4.90 Å². The summed E-state index contributed by atoms with van der Waals surface area (Å²) in [6.07, 6.45) is 3.93. The number of piperidine rings is 1. The van der Waals surface area contributed by atoms with Crippen LogP contribution in [0.5, 0.6) is 0 Å². The van der Waals surface area contributed by atoms with Gasteiger partial charge in [-0.3, -0.25) is 14.5 Å². The third-order valence-corrected chi connectivity index (χ3v) is 6.95. The van der Waals surface area contributed by atoms with Gasteiger partial charge < -0.3 is 10.6 Å². The summed E-state index contributed by atoms with van der Waals surface area (Å²) in [4.78, 5) is 37.5. The molecule has 0 aliphatic carbocycles. The molecule has 4 amide bonds. The van der Waals surface area contributed by atoms with Crippen LogP contribution in [0.3, 0.4) is 0 Å². The van der Waals surface area contributed by atoms with Crippen molar-refractivity contribution in [1.82, 2.24) is 14.5 Å². The van der Waals surface area contributed by atoms with Gasteiger partial charge in [0.2, 0.25) is 15.9 Å². The van der Waals surface area contributed by atoms with Crippen molar-refractivity contribution in [3.8, 4) is 0 Å². The van der Waals surface area contributed by atoms with Crippen LogP contribution in [-0.4, -0.2) is 61.1 Å². The SMILES string of the molecule is CCCC1NC(=O)N(CC(=O)Nc2cccc(S(=O)(=O)N3CCCCC3)c2)C1=O. The molecule has 2 aliphatic heterocycles. The molecule has 2 saturated heterocycles. The number of urea groups is 1. The van der Waals surface area contributed by atoms with E-state index in [0.717, 1.165) is 30.6 Å². The predicted molar refractivity (Wildman–Crippen MR) is 107 cm³/mol. The van der Waals surface area contributed by atoms with Crippen molar-refractivity contribution in [2.24, 2.45) is 0 Å². The maximum absolute atomic E-state index is 12.8. The molecule has 2 N–H and O–H groups in total. The highest BCUT2D eigenvalue weighted by Crippen LogP contribution is 2.23. The van der Waals surface area contributed by atoms with Crippen molar-refractivity contribution in [1.29, 1.82) is 0 Å². The van der Waals surface area contributed by atoms with Crippen LogP contribution in [-0.2, 0) is 19.6 Å². The third-order valence-electron chi connectivity index (χ3n) is 5.06. The van der Waals surface area contributed by atoms with E-state index in [1.54, 1.807) is 12.1 Å². The lowest BCUT2D eigenvalue weighted by atomic mass is 10.2. The van der Waals surface area contributed by atoms with Gasteiger partial charge >= 0.3 is 6.03 Å². The second kappa shape index (κ2) is 8.91. The monoisotopic (exact) mass is 422 g/mol. The Morgan fingerprint density at radius 1 is 1.21 bits per heavy atom. The van der Waals surface area contributed by atoms with Crippen molar-refractivity contribution in [2.75, 3.05) is 25.0 Å². The fraction of sp³-hybridized carbons (Fsp3) is 0.526. The number of hydrogen-bond donors (Lipinski definition) is 2. The minimum atomic E-state index is -3.62. The average molecular weight is 423 g/mol. The highest BCUT2D eigenvalue weighted by molar-refractivity contribution is 7.89. The Morgan fingerprint density at radius 3 is 2.62 bits per heavy atom. The van der Waals surface area contributed by atoms with Gasteiger partial charge in [-0.15, -0.1) is 0 Å². The summed E-state index contributed by atoms with van der Waals surface area (Å²) < 4.78 is 27.0. The van der Waals surface area contributed by atoms with Gasteiger partial charge in [0.1, 0.15) is 12.6 Å². The number of benzene rings is 1. The molecule has 0 spiro atoms. The molecular formula is C19H26N4O5S. The van der Waals surface area contributed by atoms with Crippen LogP contribution in [0.15, 0.2) is 29.2 Å². The number of amides is 4. The topological polar surface area (TPSA) is 116 Å². The maximum Gasteiger partial charge on any atom is 0.325 e. The molecule has 2 fully saturated rings. The molecule has 1 aromatic rings. The molecule has 10 heteroatoms. The normalized spacial score (nSPS) is 20.6. The van der Waals surface area contributed by atoms with E-state index in [4.69, 9.17) is 0 Å². The zero-order valence-corrected chi connectivity index (χ0v) is 17.2. The van der Waals surface area contributed by atoms with E-state index < -0.39 is 40.5 Å². The number of anilines is 1. The first kappa shape index (κ1) is 21.3. The van der Waals surface area contributed by atoms with E-state index in [2.05, 4.69) is 10.6 Å². The number of nitrogens with one attached hydrogen (secondary N) is 2. The first-order valence-corrected chi connectivity index (χ1v) is 11.3. The summed E-state index contributed by atoms with van der Waals surface area (Å²) in [5.41, 5.74) is 0.297. The van der Waals surface area contributed by atoms with Gasteiger partial charge in [-0.2, -0.15) is 4.31 Å². The average Bonchev–Trinajstić information content (AvgIpc) is 2.96. The van der Waals surface area contributed by atoms with Crippen molar-refractivity contribution in [2.45, 2.75) is 50.0 Å². The van der Waals surface area contributed by atoms with E-state index >= 15 is 0 Å². The number of imide groups is 1. The molecule has 0 radical (unpaired) electrons. The smallest absolute Gasteiger partial charge is 0.325 e. The minimum Gasteiger partial charge on any atom is -0.326 e. The summed E-state index contributed by atoms with van der Waals surface area (Å²) in [5.74, 6) is -0.994. The van der Waals surface area contributed by atoms with Crippen LogP contribution in [0.1, 0.15) is 39.0 Å². The number of rotatable bonds is 7. The Hall–Kier alpha value is -2.46. The number of nitrogens with zero attached hydrogens (tertiary/aromatic N) is 2. The number of carbonyl (C=O) groups is 3. The van der Waals surface area contributed by atoms with Gasteiger partial charge in [0.15, 0.2) is 0 Å². The fourth-order valence-corrected chi connectivity index (χ4v) is 5.11.